The second-order valence-corrected chi connectivity index (χ2v) is 9.71. The van der Waals surface area contributed by atoms with Gasteiger partial charge in [-0.25, -0.2) is 4.98 Å². The second-order valence-electron chi connectivity index (χ2n) is 8.73. The van der Waals surface area contributed by atoms with Crippen LogP contribution >= 0.6 is 11.3 Å². The first-order valence-corrected chi connectivity index (χ1v) is 12.5. The lowest BCUT2D eigenvalue weighted by molar-refractivity contribution is -0.255. The third-order valence-corrected chi connectivity index (χ3v) is 7.62. The minimum absolute atomic E-state index is 0.213. The molecule has 0 atom stereocenters. The van der Waals surface area contributed by atoms with E-state index in [1.165, 1.54) is 28.9 Å². The largest absolute Gasteiger partial charge is 0.545 e. The number of thiazole rings is 1. The van der Waals surface area contributed by atoms with E-state index in [1.807, 2.05) is 18.2 Å². The highest BCUT2D eigenvalue weighted by atomic mass is 32.1. The van der Waals surface area contributed by atoms with E-state index in [9.17, 15) is 9.90 Å². The Morgan fingerprint density at radius 2 is 1.79 bits per heavy atom. The van der Waals surface area contributed by atoms with Gasteiger partial charge in [-0.1, -0.05) is 97.0 Å². The number of aromatic nitrogens is 1. The van der Waals surface area contributed by atoms with Gasteiger partial charge in [0.15, 0.2) is 5.13 Å². The van der Waals surface area contributed by atoms with Gasteiger partial charge in [0.25, 0.3) is 0 Å². The highest BCUT2D eigenvalue weighted by Gasteiger charge is 2.27. The van der Waals surface area contributed by atoms with Gasteiger partial charge in [-0.2, -0.15) is 0 Å². The fourth-order valence-corrected chi connectivity index (χ4v) is 5.88. The number of hydrogen-bond acceptors (Lipinski definition) is 5. The van der Waals surface area contributed by atoms with Crippen molar-refractivity contribution >= 4 is 28.0 Å². The molecule has 5 rings (SSSR count). The first kappa shape index (κ1) is 21.7. The van der Waals surface area contributed by atoms with Gasteiger partial charge in [0.1, 0.15) is 0 Å². The Hall–Kier alpha value is -3.18. The first-order chi connectivity index (χ1) is 16.2. The minimum Gasteiger partial charge on any atom is -0.545 e. The van der Waals surface area contributed by atoms with Crippen molar-refractivity contribution in [3.8, 4) is 10.4 Å². The number of nitrogens with zero attached hydrogens (tertiary/aromatic N) is 2. The molecule has 168 valence electrons. The lowest BCUT2D eigenvalue weighted by atomic mass is 10.0. The summed E-state index contributed by atoms with van der Waals surface area (Å²) < 4.78 is 0. The van der Waals surface area contributed by atoms with Gasteiger partial charge in [-0.15, -0.1) is 0 Å². The number of carbonyl (C=O) groups is 1. The number of benzene rings is 2. The molecule has 1 fully saturated rings. The van der Waals surface area contributed by atoms with Crippen LogP contribution in [0.3, 0.4) is 0 Å². The zero-order valence-electron chi connectivity index (χ0n) is 18.6. The molecule has 4 nitrogen and oxygen atoms in total. The zero-order valence-corrected chi connectivity index (χ0v) is 19.4. The Kier molecular flexibility index (Phi) is 6.40. The molecule has 33 heavy (non-hydrogen) atoms. The second kappa shape index (κ2) is 9.75. The monoisotopic (exact) mass is 455 g/mol. The van der Waals surface area contributed by atoms with Gasteiger partial charge < -0.3 is 14.8 Å². The predicted octanol–water partition coefficient (Wildman–Crippen LogP) is 5.86. The van der Waals surface area contributed by atoms with Gasteiger partial charge in [0, 0.05) is 12.6 Å². The topological polar surface area (TPSA) is 56.3 Å². The molecule has 0 bridgehead atoms. The average Bonchev–Trinajstić information content (AvgIpc) is 3.55. The number of aromatic carboxylic acids is 1. The van der Waals surface area contributed by atoms with Crippen molar-refractivity contribution in [2.24, 2.45) is 0 Å². The molecule has 2 aliphatic rings. The summed E-state index contributed by atoms with van der Waals surface area (Å²) in [5, 5.41) is 12.2. The third-order valence-electron chi connectivity index (χ3n) is 6.47. The first-order valence-electron chi connectivity index (χ1n) is 11.7. The Morgan fingerprint density at radius 3 is 2.45 bits per heavy atom. The van der Waals surface area contributed by atoms with E-state index in [1.54, 1.807) is 23.5 Å². The fraction of sp³-hybridized carbons (Fsp3) is 0.286. The van der Waals surface area contributed by atoms with E-state index in [2.05, 4.69) is 47.4 Å². The van der Waals surface area contributed by atoms with E-state index in [4.69, 9.17) is 4.98 Å². The third kappa shape index (κ3) is 4.79. The molecule has 5 heteroatoms. The van der Waals surface area contributed by atoms with Crippen molar-refractivity contribution in [3.05, 3.63) is 89.6 Å². The number of carboxylic acid groups (broad SMARTS) is 1. The summed E-state index contributed by atoms with van der Waals surface area (Å²) in [6.07, 6.45) is 13.7. The molecule has 1 saturated carbocycles. The van der Waals surface area contributed by atoms with Crippen molar-refractivity contribution in [1.82, 2.24) is 4.98 Å². The molecule has 0 amide bonds. The van der Waals surface area contributed by atoms with Gasteiger partial charge in [-0.3, -0.25) is 0 Å². The van der Waals surface area contributed by atoms with E-state index < -0.39 is 5.97 Å². The van der Waals surface area contributed by atoms with Crippen molar-refractivity contribution in [3.63, 3.8) is 0 Å². The Labute approximate surface area is 198 Å². The summed E-state index contributed by atoms with van der Waals surface area (Å²) in [6.45, 7) is 0.716. The van der Waals surface area contributed by atoms with Gasteiger partial charge in [0.05, 0.1) is 16.5 Å². The standard InChI is InChI=1S/C28H28N2O2S/c31-27(32)23-17-15-20(16-18-23)19-30(24-13-7-8-14-24)28-29-25(21-9-3-1-4-10-21)26(33-28)22-11-5-2-6-12-22/h2-3,5-6,9-12,15-18,24H,1,4,7-8,13-14,19H2,(H,31,32)/p-1. The summed E-state index contributed by atoms with van der Waals surface area (Å²) in [4.78, 5) is 20.0. The van der Waals surface area contributed by atoms with E-state index in [0.29, 0.717) is 12.6 Å². The van der Waals surface area contributed by atoms with Crippen molar-refractivity contribution in [2.45, 2.75) is 51.1 Å². The molecule has 2 aromatic carbocycles. The van der Waals surface area contributed by atoms with Crippen molar-refractivity contribution in [2.75, 3.05) is 4.90 Å². The number of allylic oxidation sites excluding steroid dienone is 4. The van der Waals surface area contributed by atoms with E-state index in [0.717, 1.165) is 42.1 Å². The van der Waals surface area contributed by atoms with Crippen LogP contribution < -0.4 is 10.0 Å². The summed E-state index contributed by atoms with van der Waals surface area (Å²) in [5.41, 5.74) is 4.76. The van der Waals surface area contributed by atoms with Crippen LogP contribution in [-0.2, 0) is 6.54 Å². The maximum atomic E-state index is 11.1. The molecular weight excluding hydrogens is 428 g/mol. The molecule has 1 aromatic heterocycles. The number of rotatable bonds is 7. The molecule has 0 saturated heterocycles. The minimum atomic E-state index is -1.14. The van der Waals surface area contributed by atoms with Gasteiger partial charge >= 0.3 is 0 Å². The molecule has 3 aromatic rings. The summed E-state index contributed by atoms with van der Waals surface area (Å²) >= 11 is 1.76. The number of carboxylic acids is 1. The Bertz CT molecular complexity index is 1170. The van der Waals surface area contributed by atoms with Crippen LogP contribution in [0.15, 0.2) is 72.8 Å². The maximum Gasteiger partial charge on any atom is 0.187 e. The highest BCUT2D eigenvalue weighted by Crippen LogP contribution is 2.41. The van der Waals surface area contributed by atoms with Crippen LogP contribution in [0.4, 0.5) is 5.13 Å². The summed E-state index contributed by atoms with van der Waals surface area (Å²) in [7, 11) is 0. The van der Waals surface area contributed by atoms with Crippen LogP contribution in [0.25, 0.3) is 16.0 Å². The van der Waals surface area contributed by atoms with E-state index >= 15 is 0 Å². The van der Waals surface area contributed by atoms with Crippen molar-refractivity contribution in [1.29, 1.82) is 0 Å². The number of hydrogen-bond donors (Lipinski definition) is 0. The molecule has 0 unspecified atom stereocenters. The quantitative estimate of drug-likeness (QED) is 0.448. The lowest BCUT2D eigenvalue weighted by Crippen LogP contribution is -2.32. The summed E-state index contributed by atoms with van der Waals surface area (Å²) in [5.74, 6) is -1.14. The smallest absolute Gasteiger partial charge is 0.187 e. The van der Waals surface area contributed by atoms with Gasteiger partial charge in [0.2, 0.25) is 0 Å². The lowest BCUT2D eigenvalue weighted by Gasteiger charge is -2.29. The molecule has 0 N–H and O–H groups in total. The fourth-order valence-electron chi connectivity index (χ4n) is 4.71. The van der Waals surface area contributed by atoms with Crippen molar-refractivity contribution < 1.29 is 9.90 Å². The molecular formula is C28H27N2O2S-. The molecule has 0 spiro atoms. The van der Waals surface area contributed by atoms with E-state index in [-0.39, 0.29) is 5.56 Å². The number of carbonyl (C=O) groups excluding carboxylic acids is 1. The van der Waals surface area contributed by atoms with Crippen LogP contribution in [0.5, 0.6) is 0 Å². The Morgan fingerprint density at radius 1 is 1.03 bits per heavy atom. The van der Waals surface area contributed by atoms with Crippen LogP contribution in [0.1, 0.15) is 60.1 Å². The zero-order chi connectivity index (χ0) is 22.6. The molecule has 2 aliphatic carbocycles. The highest BCUT2D eigenvalue weighted by molar-refractivity contribution is 7.19. The maximum absolute atomic E-state index is 11.1. The molecule has 1 heterocycles. The number of anilines is 1. The van der Waals surface area contributed by atoms with Crippen LogP contribution in [-0.4, -0.2) is 17.0 Å². The predicted molar refractivity (Wildman–Crippen MR) is 133 cm³/mol. The Balaban J connectivity index is 1.54. The molecule has 0 aliphatic heterocycles. The average molecular weight is 456 g/mol. The SMILES string of the molecule is O=C([O-])c1ccc(CN(c2nc(C3=CCCC=C3)c(-c3ccccc3)s2)C2CCCC2)cc1. The van der Waals surface area contributed by atoms with Crippen LogP contribution in [0, 0.1) is 0 Å². The van der Waals surface area contributed by atoms with Crippen LogP contribution in [0.2, 0.25) is 0 Å². The molecule has 0 radical (unpaired) electrons. The normalized spacial score (nSPS) is 16.1. The summed E-state index contributed by atoms with van der Waals surface area (Å²) in [6, 6.07) is 18.0. The van der Waals surface area contributed by atoms with Gasteiger partial charge in [-0.05, 0) is 47.9 Å².